The van der Waals surface area contributed by atoms with Crippen LogP contribution >= 0.6 is 11.3 Å². The minimum Gasteiger partial charge on any atom is -0.459 e. The Hall–Kier alpha value is -3.71. The number of hydrogen-bond acceptors (Lipinski definition) is 5. The van der Waals surface area contributed by atoms with Crippen LogP contribution in [0.5, 0.6) is 0 Å². The van der Waals surface area contributed by atoms with Gasteiger partial charge in [0.05, 0.1) is 18.5 Å². The second-order valence-corrected chi connectivity index (χ2v) is 8.48. The minimum absolute atomic E-state index is 0.0339. The number of nitrogens with zero attached hydrogens (tertiary/aromatic N) is 2. The SMILES string of the molecule is CCN(C(=O)Cc1ccc(NC(=O)Cc2csc(-c3ccc(C)o3)n2)cc1)c1ccccc1. The fraction of sp³-hybridized carbons (Fsp3) is 0.192. The third-order valence-electron chi connectivity index (χ3n) is 5.12. The molecule has 2 aromatic heterocycles. The van der Waals surface area contributed by atoms with Gasteiger partial charge in [-0.3, -0.25) is 9.59 Å². The molecule has 0 spiro atoms. The molecule has 4 rings (SSSR count). The van der Waals surface area contributed by atoms with Gasteiger partial charge in [-0.2, -0.15) is 0 Å². The number of hydrogen-bond donors (Lipinski definition) is 1. The fourth-order valence-corrected chi connectivity index (χ4v) is 4.29. The molecule has 0 atom stereocenters. The van der Waals surface area contributed by atoms with E-state index in [1.807, 2.05) is 86.0 Å². The van der Waals surface area contributed by atoms with Gasteiger partial charge >= 0.3 is 0 Å². The van der Waals surface area contributed by atoms with E-state index in [9.17, 15) is 9.59 Å². The van der Waals surface area contributed by atoms with Crippen LogP contribution in [-0.2, 0) is 22.4 Å². The molecule has 0 saturated carbocycles. The van der Waals surface area contributed by atoms with Crippen molar-refractivity contribution in [3.05, 3.63) is 89.1 Å². The average Bonchev–Trinajstić information content (AvgIpc) is 3.45. The highest BCUT2D eigenvalue weighted by Gasteiger charge is 2.15. The number of carbonyl (C=O) groups excluding carboxylic acids is 2. The topological polar surface area (TPSA) is 75.4 Å². The number of furan rings is 1. The molecule has 0 aliphatic carbocycles. The van der Waals surface area contributed by atoms with Crippen LogP contribution in [0.4, 0.5) is 11.4 Å². The standard InChI is InChI=1S/C26H25N3O3S/c1-3-29(22-7-5-4-6-8-22)25(31)15-19-10-12-20(13-11-19)27-24(30)16-21-17-33-26(28-21)23-14-9-18(2)32-23/h4-14,17H,3,15-16H2,1-2H3,(H,27,30). The van der Waals surface area contributed by atoms with Gasteiger partial charge in [0.15, 0.2) is 10.8 Å². The zero-order valence-corrected chi connectivity index (χ0v) is 19.4. The molecule has 0 aliphatic heterocycles. The van der Waals surface area contributed by atoms with Crippen LogP contribution in [0.1, 0.15) is 23.9 Å². The van der Waals surface area contributed by atoms with E-state index < -0.39 is 0 Å². The monoisotopic (exact) mass is 459 g/mol. The van der Waals surface area contributed by atoms with Gasteiger partial charge in [-0.15, -0.1) is 11.3 Å². The van der Waals surface area contributed by atoms with Gasteiger partial charge in [-0.25, -0.2) is 4.98 Å². The molecule has 0 radical (unpaired) electrons. The lowest BCUT2D eigenvalue weighted by molar-refractivity contribution is -0.118. The summed E-state index contributed by atoms with van der Waals surface area (Å²) >= 11 is 1.45. The van der Waals surface area contributed by atoms with Crippen molar-refractivity contribution in [2.75, 3.05) is 16.8 Å². The van der Waals surface area contributed by atoms with E-state index >= 15 is 0 Å². The maximum Gasteiger partial charge on any atom is 0.231 e. The number of benzene rings is 2. The zero-order chi connectivity index (χ0) is 23.2. The highest BCUT2D eigenvalue weighted by molar-refractivity contribution is 7.13. The molecule has 0 bridgehead atoms. The third-order valence-corrected chi connectivity index (χ3v) is 6.03. The fourth-order valence-electron chi connectivity index (χ4n) is 3.51. The quantitative estimate of drug-likeness (QED) is 0.378. The first kappa shape index (κ1) is 22.5. The van der Waals surface area contributed by atoms with Crippen LogP contribution in [0, 0.1) is 6.92 Å². The first-order valence-corrected chi connectivity index (χ1v) is 11.6. The number of thiazole rings is 1. The van der Waals surface area contributed by atoms with E-state index in [2.05, 4.69) is 10.3 Å². The van der Waals surface area contributed by atoms with Crippen LogP contribution in [0.15, 0.2) is 76.5 Å². The number of amides is 2. The molecular formula is C26H25N3O3S. The molecule has 1 N–H and O–H groups in total. The Morgan fingerprint density at radius 3 is 2.42 bits per heavy atom. The van der Waals surface area contributed by atoms with Crippen molar-refractivity contribution in [2.24, 2.45) is 0 Å². The number of para-hydroxylation sites is 1. The van der Waals surface area contributed by atoms with E-state index in [1.54, 1.807) is 4.90 Å². The van der Waals surface area contributed by atoms with Gasteiger partial charge in [0, 0.05) is 23.3 Å². The lowest BCUT2D eigenvalue weighted by Gasteiger charge is -2.21. The predicted molar refractivity (Wildman–Crippen MR) is 132 cm³/mol. The molecule has 2 amide bonds. The second-order valence-electron chi connectivity index (χ2n) is 7.63. The summed E-state index contributed by atoms with van der Waals surface area (Å²) in [7, 11) is 0. The number of carbonyl (C=O) groups is 2. The number of aryl methyl sites for hydroxylation is 1. The van der Waals surface area contributed by atoms with E-state index in [4.69, 9.17) is 4.42 Å². The molecule has 0 saturated heterocycles. The van der Waals surface area contributed by atoms with E-state index in [0.717, 1.165) is 22.0 Å². The molecule has 0 fully saturated rings. The first-order valence-electron chi connectivity index (χ1n) is 10.8. The van der Waals surface area contributed by atoms with Gasteiger partial charge in [0.1, 0.15) is 5.76 Å². The van der Waals surface area contributed by atoms with Crippen molar-refractivity contribution in [2.45, 2.75) is 26.7 Å². The Morgan fingerprint density at radius 1 is 1.00 bits per heavy atom. The van der Waals surface area contributed by atoms with Gasteiger partial charge < -0.3 is 14.6 Å². The summed E-state index contributed by atoms with van der Waals surface area (Å²) in [6.45, 7) is 4.45. The van der Waals surface area contributed by atoms with Crippen molar-refractivity contribution >= 4 is 34.5 Å². The minimum atomic E-state index is -0.146. The molecule has 2 heterocycles. The average molecular weight is 460 g/mol. The lowest BCUT2D eigenvalue weighted by Crippen LogP contribution is -2.31. The molecule has 0 aliphatic rings. The Bertz CT molecular complexity index is 1230. The smallest absolute Gasteiger partial charge is 0.231 e. The Balaban J connectivity index is 1.32. The van der Waals surface area contributed by atoms with Gasteiger partial charge in [-0.05, 0) is 55.8 Å². The van der Waals surface area contributed by atoms with Crippen LogP contribution in [-0.4, -0.2) is 23.3 Å². The van der Waals surface area contributed by atoms with Crippen LogP contribution in [0.2, 0.25) is 0 Å². The normalized spacial score (nSPS) is 10.7. The van der Waals surface area contributed by atoms with Crippen molar-refractivity contribution in [3.63, 3.8) is 0 Å². The third kappa shape index (κ3) is 5.75. The summed E-state index contributed by atoms with van der Waals surface area (Å²) in [5.41, 5.74) is 3.17. The van der Waals surface area contributed by atoms with Crippen molar-refractivity contribution in [3.8, 4) is 10.8 Å². The van der Waals surface area contributed by atoms with Crippen LogP contribution in [0.25, 0.3) is 10.8 Å². The van der Waals surface area contributed by atoms with E-state index in [-0.39, 0.29) is 18.2 Å². The highest BCUT2D eigenvalue weighted by atomic mass is 32.1. The highest BCUT2D eigenvalue weighted by Crippen LogP contribution is 2.26. The summed E-state index contributed by atoms with van der Waals surface area (Å²) in [6, 6.07) is 20.8. The zero-order valence-electron chi connectivity index (χ0n) is 18.6. The number of likely N-dealkylation sites (N-methyl/N-ethyl adjacent to an activating group) is 1. The van der Waals surface area contributed by atoms with Crippen molar-refractivity contribution < 1.29 is 14.0 Å². The molecule has 4 aromatic rings. The molecule has 0 unspecified atom stereocenters. The Morgan fingerprint density at radius 2 is 1.76 bits per heavy atom. The number of rotatable bonds is 8. The van der Waals surface area contributed by atoms with E-state index in [0.29, 0.717) is 30.1 Å². The first-order chi connectivity index (χ1) is 16.0. The molecular weight excluding hydrogens is 434 g/mol. The maximum absolute atomic E-state index is 12.8. The summed E-state index contributed by atoms with van der Waals surface area (Å²) in [5, 5.41) is 5.52. The number of nitrogens with one attached hydrogen (secondary N) is 1. The molecule has 7 heteroatoms. The van der Waals surface area contributed by atoms with Gasteiger partial charge in [-0.1, -0.05) is 30.3 Å². The second kappa shape index (κ2) is 10.3. The Kier molecular flexibility index (Phi) is 7.00. The molecule has 6 nitrogen and oxygen atoms in total. The van der Waals surface area contributed by atoms with Gasteiger partial charge in [0.25, 0.3) is 0 Å². The summed E-state index contributed by atoms with van der Waals surface area (Å²) in [5.74, 6) is 1.43. The Labute approximate surface area is 196 Å². The largest absolute Gasteiger partial charge is 0.459 e. The summed E-state index contributed by atoms with van der Waals surface area (Å²) < 4.78 is 5.59. The molecule has 33 heavy (non-hydrogen) atoms. The van der Waals surface area contributed by atoms with Crippen molar-refractivity contribution in [1.82, 2.24) is 4.98 Å². The maximum atomic E-state index is 12.8. The number of anilines is 2. The number of aromatic nitrogens is 1. The van der Waals surface area contributed by atoms with E-state index in [1.165, 1.54) is 11.3 Å². The summed E-state index contributed by atoms with van der Waals surface area (Å²) in [4.78, 5) is 31.5. The van der Waals surface area contributed by atoms with Crippen LogP contribution < -0.4 is 10.2 Å². The summed E-state index contributed by atoms with van der Waals surface area (Å²) in [6.07, 6.45) is 0.476. The predicted octanol–water partition coefficient (Wildman–Crippen LogP) is 5.49. The molecule has 2 aromatic carbocycles. The van der Waals surface area contributed by atoms with Crippen molar-refractivity contribution in [1.29, 1.82) is 0 Å². The van der Waals surface area contributed by atoms with Crippen LogP contribution in [0.3, 0.4) is 0 Å². The lowest BCUT2D eigenvalue weighted by atomic mass is 10.1. The van der Waals surface area contributed by atoms with Gasteiger partial charge in [0.2, 0.25) is 11.8 Å². The molecule has 168 valence electrons.